The van der Waals surface area contributed by atoms with Crippen molar-refractivity contribution in [3.8, 4) is 6.07 Å². The maximum absolute atomic E-state index is 11.5. The normalized spacial score (nSPS) is 18.4. The van der Waals surface area contributed by atoms with E-state index in [-0.39, 0.29) is 12.5 Å². The molecule has 1 aliphatic rings. The number of hydrogen-bond acceptors (Lipinski definition) is 3. The molecule has 0 amide bonds. The molecule has 0 spiro atoms. The first-order chi connectivity index (χ1) is 8.65. The summed E-state index contributed by atoms with van der Waals surface area (Å²) in [5.74, 6) is -1.07. The molecule has 0 radical (unpaired) electrons. The molecule has 1 aromatic rings. The van der Waals surface area contributed by atoms with E-state index in [1.54, 1.807) is 12.1 Å². The standard InChI is InChI=1S/C14H16N2O2/c15-8-10-4-1-2-5-11(10)12(9-16)14(13(17)18)6-3-7-14/h1-2,4-5,12H,3,6-7,9,16H2,(H,17,18)/t12-/m1/s1. The Bertz CT molecular complexity index is 501. The average molecular weight is 244 g/mol. The van der Waals surface area contributed by atoms with Gasteiger partial charge in [-0.15, -0.1) is 0 Å². The third kappa shape index (κ3) is 1.77. The number of carboxylic acids is 1. The van der Waals surface area contributed by atoms with Crippen LogP contribution in [0.25, 0.3) is 0 Å². The van der Waals surface area contributed by atoms with Crippen LogP contribution in [0.4, 0.5) is 0 Å². The van der Waals surface area contributed by atoms with Crippen LogP contribution >= 0.6 is 0 Å². The summed E-state index contributed by atoms with van der Waals surface area (Å²) in [5.41, 5.74) is 6.31. The lowest BCUT2D eigenvalue weighted by atomic mass is 9.59. The van der Waals surface area contributed by atoms with Crippen molar-refractivity contribution in [3.63, 3.8) is 0 Å². The predicted molar refractivity (Wildman–Crippen MR) is 66.9 cm³/mol. The van der Waals surface area contributed by atoms with Gasteiger partial charge in [-0.2, -0.15) is 5.26 Å². The molecule has 2 rings (SSSR count). The first kappa shape index (κ1) is 12.6. The van der Waals surface area contributed by atoms with Crippen LogP contribution in [0, 0.1) is 16.7 Å². The van der Waals surface area contributed by atoms with Crippen molar-refractivity contribution in [2.45, 2.75) is 25.2 Å². The van der Waals surface area contributed by atoms with Crippen LogP contribution in [0.3, 0.4) is 0 Å². The topological polar surface area (TPSA) is 87.1 Å². The van der Waals surface area contributed by atoms with E-state index < -0.39 is 11.4 Å². The van der Waals surface area contributed by atoms with Gasteiger partial charge in [0.1, 0.15) is 0 Å². The lowest BCUT2D eigenvalue weighted by Gasteiger charge is -2.44. The summed E-state index contributed by atoms with van der Waals surface area (Å²) in [7, 11) is 0. The first-order valence-electron chi connectivity index (χ1n) is 6.08. The minimum Gasteiger partial charge on any atom is -0.481 e. The van der Waals surface area contributed by atoms with Gasteiger partial charge in [0, 0.05) is 12.5 Å². The quantitative estimate of drug-likeness (QED) is 0.846. The monoisotopic (exact) mass is 244 g/mol. The zero-order valence-corrected chi connectivity index (χ0v) is 10.1. The van der Waals surface area contributed by atoms with Gasteiger partial charge in [-0.05, 0) is 24.5 Å². The molecule has 4 nitrogen and oxygen atoms in total. The molecule has 1 atom stereocenters. The number of benzene rings is 1. The molecule has 3 N–H and O–H groups in total. The fraction of sp³-hybridized carbons (Fsp3) is 0.429. The second kappa shape index (κ2) is 4.79. The molecule has 1 fully saturated rings. The Morgan fingerprint density at radius 3 is 2.61 bits per heavy atom. The fourth-order valence-electron chi connectivity index (χ4n) is 2.82. The summed E-state index contributed by atoms with van der Waals surface area (Å²) in [6.45, 7) is 0.255. The van der Waals surface area contributed by atoms with Crippen LogP contribution in [0.2, 0.25) is 0 Å². The molecule has 18 heavy (non-hydrogen) atoms. The summed E-state index contributed by atoms with van der Waals surface area (Å²) in [5, 5.41) is 18.6. The minimum absolute atomic E-state index is 0.255. The summed E-state index contributed by atoms with van der Waals surface area (Å²) >= 11 is 0. The summed E-state index contributed by atoms with van der Waals surface area (Å²) in [6.07, 6.45) is 2.20. The predicted octanol–water partition coefficient (Wildman–Crippen LogP) is 1.86. The summed E-state index contributed by atoms with van der Waals surface area (Å²) in [6, 6.07) is 9.26. The van der Waals surface area contributed by atoms with Crippen molar-refractivity contribution < 1.29 is 9.90 Å². The number of carbonyl (C=O) groups is 1. The highest BCUT2D eigenvalue weighted by Gasteiger charge is 2.50. The number of nitrogens with zero attached hydrogens (tertiary/aromatic N) is 1. The Kier molecular flexibility index (Phi) is 3.35. The van der Waals surface area contributed by atoms with Crippen LogP contribution in [-0.2, 0) is 4.79 Å². The second-order valence-corrected chi connectivity index (χ2v) is 4.80. The van der Waals surface area contributed by atoms with Gasteiger partial charge in [0.2, 0.25) is 0 Å². The van der Waals surface area contributed by atoms with Crippen LogP contribution in [0.15, 0.2) is 24.3 Å². The zero-order valence-electron chi connectivity index (χ0n) is 10.1. The maximum Gasteiger partial charge on any atom is 0.310 e. The highest BCUT2D eigenvalue weighted by Crippen LogP contribution is 2.51. The van der Waals surface area contributed by atoms with Crippen molar-refractivity contribution in [3.05, 3.63) is 35.4 Å². The molecule has 1 aliphatic carbocycles. The number of nitriles is 1. The van der Waals surface area contributed by atoms with Gasteiger partial charge in [0.25, 0.3) is 0 Å². The molecule has 1 aromatic carbocycles. The van der Waals surface area contributed by atoms with Crippen molar-refractivity contribution in [1.82, 2.24) is 0 Å². The third-order valence-electron chi connectivity index (χ3n) is 4.03. The largest absolute Gasteiger partial charge is 0.481 e. The SMILES string of the molecule is N#Cc1ccccc1[C@@H](CN)C1(C(=O)O)CCC1. The van der Waals surface area contributed by atoms with E-state index in [9.17, 15) is 9.90 Å². The third-order valence-corrected chi connectivity index (χ3v) is 4.03. The summed E-state index contributed by atoms with van der Waals surface area (Å²) in [4.78, 5) is 11.5. The Balaban J connectivity index is 2.46. The molecule has 0 aliphatic heterocycles. The van der Waals surface area contributed by atoms with Gasteiger partial charge in [-0.1, -0.05) is 24.6 Å². The lowest BCUT2D eigenvalue weighted by Crippen LogP contribution is -2.46. The molecule has 0 bridgehead atoms. The van der Waals surface area contributed by atoms with Crippen molar-refractivity contribution in [2.24, 2.45) is 11.1 Å². The van der Waals surface area contributed by atoms with Crippen molar-refractivity contribution in [1.29, 1.82) is 5.26 Å². The molecule has 94 valence electrons. The number of rotatable bonds is 4. The molecule has 0 saturated heterocycles. The van der Waals surface area contributed by atoms with Crippen molar-refractivity contribution in [2.75, 3.05) is 6.54 Å². The van der Waals surface area contributed by atoms with E-state index in [2.05, 4.69) is 6.07 Å². The molecule has 0 unspecified atom stereocenters. The zero-order chi connectivity index (χ0) is 13.2. The Morgan fingerprint density at radius 1 is 1.50 bits per heavy atom. The Hall–Kier alpha value is -1.86. The minimum atomic E-state index is -0.794. The fourth-order valence-corrected chi connectivity index (χ4v) is 2.82. The van der Waals surface area contributed by atoms with Crippen LogP contribution in [0.1, 0.15) is 36.3 Å². The highest BCUT2D eigenvalue weighted by molar-refractivity contribution is 5.77. The first-order valence-corrected chi connectivity index (χ1v) is 6.08. The Labute approximate surface area is 106 Å². The van der Waals surface area contributed by atoms with E-state index >= 15 is 0 Å². The van der Waals surface area contributed by atoms with E-state index in [0.29, 0.717) is 18.4 Å². The van der Waals surface area contributed by atoms with Gasteiger partial charge in [-0.3, -0.25) is 4.79 Å². The summed E-state index contributed by atoms with van der Waals surface area (Å²) < 4.78 is 0. The van der Waals surface area contributed by atoms with Gasteiger partial charge >= 0.3 is 5.97 Å². The van der Waals surface area contributed by atoms with E-state index in [1.807, 2.05) is 12.1 Å². The van der Waals surface area contributed by atoms with Crippen LogP contribution in [-0.4, -0.2) is 17.6 Å². The second-order valence-electron chi connectivity index (χ2n) is 4.80. The molecule has 0 heterocycles. The van der Waals surface area contributed by atoms with Crippen molar-refractivity contribution >= 4 is 5.97 Å². The lowest BCUT2D eigenvalue weighted by molar-refractivity contribution is -0.156. The van der Waals surface area contributed by atoms with Crippen LogP contribution < -0.4 is 5.73 Å². The van der Waals surface area contributed by atoms with Gasteiger partial charge < -0.3 is 10.8 Å². The van der Waals surface area contributed by atoms with E-state index in [4.69, 9.17) is 11.0 Å². The van der Waals surface area contributed by atoms with Gasteiger partial charge in [-0.25, -0.2) is 0 Å². The smallest absolute Gasteiger partial charge is 0.310 e. The maximum atomic E-state index is 11.5. The number of aliphatic carboxylic acids is 1. The van der Waals surface area contributed by atoms with Gasteiger partial charge in [0.15, 0.2) is 0 Å². The average Bonchev–Trinajstić information content (AvgIpc) is 2.33. The number of carboxylic acid groups (broad SMARTS) is 1. The highest BCUT2D eigenvalue weighted by atomic mass is 16.4. The number of nitrogens with two attached hydrogens (primary N) is 1. The van der Waals surface area contributed by atoms with Crippen LogP contribution in [0.5, 0.6) is 0 Å². The molecule has 1 saturated carbocycles. The molecular formula is C14H16N2O2. The Morgan fingerprint density at radius 2 is 2.17 bits per heavy atom. The molecule has 4 heteroatoms. The van der Waals surface area contributed by atoms with E-state index in [1.165, 1.54) is 0 Å². The molecule has 0 aromatic heterocycles. The number of hydrogen-bond donors (Lipinski definition) is 2. The molecular weight excluding hydrogens is 228 g/mol. The van der Waals surface area contributed by atoms with Gasteiger partial charge in [0.05, 0.1) is 17.0 Å². The van der Waals surface area contributed by atoms with E-state index in [0.717, 1.165) is 12.0 Å².